The van der Waals surface area contributed by atoms with Crippen LogP contribution in [-0.4, -0.2) is 37.9 Å². The Hall–Kier alpha value is -0.610. The van der Waals surface area contributed by atoms with Crippen LogP contribution in [0.3, 0.4) is 0 Å². The second-order valence-corrected chi connectivity index (χ2v) is 2.97. The van der Waals surface area contributed by atoms with Crippen LogP contribution in [-0.2, 0) is 14.3 Å². The summed E-state index contributed by atoms with van der Waals surface area (Å²) in [5.74, 6) is -0.211. The molecule has 0 amide bonds. The molecule has 0 aromatic rings. The predicted molar refractivity (Wildman–Crippen MR) is 37.1 cm³/mol. The Morgan fingerprint density at radius 3 is 3.00 bits per heavy atom. The SMILES string of the molecule is COC(=O)C1NC2COC1C2. The predicted octanol–water partition coefficient (Wildman–Crippen LogP) is -0.711. The van der Waals surface area contributed by atoms with E-state index < -0.39 is 0 Å². The van der Waals surface area contributed by atoms with Crippen LogP contribution in [0.4, 0.5) is 0 Å². The number of methoxy groups -OCH3 is 1. The molecule has 2 fully saturated rings. The minimum Gasteiger partial charge on any atom is -0.468 e. The van der Waals surface area contributed by atoms with Crippen molar-refractivity contribution < 1.29 is 14.3 Å². The van der Waals surface area contributed by atoms with Gasteiger partial charge >= 0.3 is 5.97 Å². The van der Waals surface area contributed by atoms with E-state index in [9.17, 15) is 4.79 Å². The van der Waals surface area contributed by atoms with Crippen LogP contribution in [0.15, 0.2) is 0 Å². The monoisotopic (exact) mass is 157 g/mol. The van der Waals surface area contributed by atoms with Gasteiger partial charge in [-0.05, 0) is 6.42 Å². The molecule has 2 saturated heterocycles. The minimum absolute atomic E-state index is 0.0486. The van der Waals surface area contributed by atoms with Gasteiger partial charge in [-0.2, -0.15) is 0 Å². The summed E-state index contributed by atoms with van der Waals surface area (Å²) in [4.78, 5) is 11.0. The van der Waals surface area contributed by atoms with E-state index in [1.165, 1.54) is 7.11 Å². The van der Waals surface area contributed by atoms with Gasteiger partial charge < -0.3 is 9.47 Å². The van der Waals surface area contributed by atoms with Crippen LogP contribution >= 0.6 is 0 Å². The summed E-state index contributed by atoms with van der Waals surface area (Å²) in [5.41, 5.74) is 0. The Kier molecular flexibility index (Phi) is 1.58. The van der Waals surface area contributed by atoms with Crippen LogP contribution in [0.1, 0.15) is 6.42 Å². The highest BCUT2D eigenvalue weighted by molar-refractivity contribution is 5.77. The molecule has 11 heavy (non-hydrogen) atoms. The normalized spacial score (nSPS) is 41.0. The molecule has 0 spiro atoms. The van der Waals surface area contributed by atoms with E-state index in [-0.39, 0.29) is 18.1 Å². The molecule has 0 aliphatic carbocycles. The van der Waals surface area contributed by atoms with Crippen molar-refractivity contribution in [2.24, 2.45) is 0 Å². The Morgan fingerprint density at radius 1 is 1.73 bits per heavy atom. The molecule has 0 aromatic heterocycles. The van der Waals surface area contributed by atoms with Crippen molar-refractivity contribution >= 4 is 5.97 Å². The zero-order chi connectivity index (χ0) is 7.84. The van der Waals surface area contributed by atoms with Gasteiger partial charge in [0.15, 0.2) is 0 Å². The van der Waals surface area contributed by atoms with Gasteiger partial charge in [-0.3, -0.25) is 10.1 Å². The summed E-state index contributed by atoms with van der Waals surface area (Å²) in [6.07, 6.45) is 0.993. The Balaban J connectivity index is 2.02. The number of hydrogen-bond donors (Lipinski definition) is 1. The zero-order valence-electron chi connectivity index (χ0n) is 6.37. The maximum absolute atomic E-state index is 11.0. The lowest BCUT2D eigenvalue weighted by atomic mass is 10.2. The molecule has 1 N–H and O–H groups in total. The fraction of sp³-hybridized carbons (Fsp3) is 0.857. The molecule has 62 valence electrons. The minimum atomic E-state index is -0.223. The number of rotatable bonds is 1. The molecule has 3 unspecified atom stereocenters. The molecule has 2 rings (SSSR count). The molecule has 2 aliphatic rings. The number of nitrogens with one attached hydrogen (secondary N) is 1. The van der Waals surface area contributed by atoms with Crippen molar-refractivity contribution in [3.8, 4) is 0 Å². The van der Waals surface area contributed by atoms with Crippen LogP contribution in [0.2, 0.25) is 0 Å². The van der Waals surface area contributed by atoms with Crippen molar-refractivity contribution in [2.75, 3.05) is 13.7 Å². The van der Waals surface area contributed by atoms with Crippen LogP contribution in [0.25, 0.3) is 0 Å². The second kappa shape index (κ2) is 2.46. The Bertz CT molecular complexity index is 183. The van der Waals surface area contributed by atoms with Gasteiger partial charge in [-0.1, -0.05) is 0 Å². The van der Waals surface area contributed by atoms with E-state index in [0.29, 0.717) is 6.04 Å². The summed E-state index contributed by atoms with van der Waals surface area (Å²) in [7, 11) is 1.40. The maximum atomic E-state index is 11.0. The molecule has 4 nitrogen and oxygen atoms in total. The van der Waals surface area contributed by atoms with Gasteiger partial charge in [0, 0.05) is 6.04 Å². The summed E-state index contributed by atoms with van der Waals surface area (Å²) in [6.45, 7) is 0.734. The van der Waals surface area contributed by atoms with Gasteiger partial charge in [0.1, 0.15) is 6.04 Å². The topological polar surface area (TPSA) is 47.6 Å². The molecule has 0 aromatic carbocycles. The Morgan fingerprint density at radius 2 is 2.55 bits per heavy atom. The summed E-state index contributed by atoms with van der Waals surface area (Å²) in [6, 6.07) is 0.142. The van der Waals surface area contributed by atoms with E-state index in [2.05, 4.69) is 10.1 Å². The number of fused-ring (bicyclic) bond motifs is 2. The summed E-state index contributed by atoms with van der Waals surface area (Å²) >= 11 is 0. The molecular weight excluding hydrogens is 146 g/mol. The first-order chi connectivity index (χ1) is 5.31. The number of carbonyl (C=O) groups is 1. The molecule has 2 aliphatic heterocycles. The third-order valence-electron chi connectivity index (χ3n) is 2.27. The van der Waals surface area contributed by atoms with Gasteiger partial charge in [0.25, 0.3) is 0 Å². The highest BCUT2D eigenvalue weighted by Gasteiger charge is 2.44. The van der Waals surface area contributed by atoms with E-state index in [1.807, 2.05) is 0 Å². The van der Waals surface area contributed by atoms with E-state index in [0.717, 1.165) is 13.0 Å². The number of carbonyl (C=O) groups excluding carboxylic acids is 1. The average Bonchev–Trinajstić information content (AvgIpc) is 2.62. The Labute approximate surface area is 64.9 Å². The average molecular weight is 157 g/mol. The van der Waals surface area contributed by atoms with Crippen molar-refractivity contribution in [2.45, 2.75) is 24.6 Å². The number of morpholine rings is 1. The number of hydrogen-bond acceptors (Lipinski definition) is 4. The van der Waals surface area contributed by atoms with Crippen LogP contribution in [0, 0.1) is 0 Å². The molecule has 4 heteroatoms. The molecule has 2 bridgehead atoms. The van der Waals surface area contributed by atoms with Crippen molar-refractivity contribution in [3.05, 3.63) is 0 Å². The molecule has 0 saturated carbocycles. The standard InChI is InChI=1S/C7H11NO3/c1-10-7(9)6-5-2-4(8-6)3-11-5/h4-6,8H,2-3H2,1H3. The van der Waals surface area contributed by atoms with Crippen LogP contribution in [0.5, 0.6) is 0 Å². The van der Waals surface area contributed by atoms with Crippen molar-refractivity contribution in [1.29, 1.82) is 0 Å². The van der Waals surface area contributed by atoms with Crippen LogP contribution < -0.4 is 5.32 Å². The van der Waals surface area contributed by atoms with Crippen molar-refractivity contribution in [1.82, 2.24) is 5.32 Å². The number of esters is 1. The van der Waals surface area contributed by atoms with Crippen molar-refractivity contribution in [3.63, 3.8) is 0 Å². The lowest BCUT2D eigenvalue weighted by Gasteiger charge is -2.20. The second-order valence-electron chi connectivity index (χ2n) is 2.97. The van der Waals surface area contributed by atoms with E-state index >= 15 is 0 Å². The molecular formula is C7H11NO3. The molecule has 0 radical (unpaired) electrons. The lowest BCUT2D eigenvalue weighted by molar-refractivity contribution is -0.146. The fourth-order valence-corrected chi connectivity index (χ4v) is 1.71. The quantitative estimate of drug-likeness (QED) is 0.511. The van der Waals surface area contributed by atoms with Gasteiger partial charge in [0.05, 0.1) is 19.8 Å². The fourth-order valence-electron chi connectivity index (χ4n) is 1.71. The number of ether oxygens (including phenoxy) is 2. The third-order valence-corrected chi connectivity index (χ3v) is 2.27. The first-order valence-corrected chi connectivity index (χ1v) is 3.76. The maximum Gasteiger partial charge on any atom is 0.325 e. The lowest BCUT2D eigenvalue weighted by Crippen LogP contribution is -2.47. The molecule has 2 heterocycles. The smallest absolute Gasteiger partial charge is 0.325 e. The highest BCUT2D eigenvalue weighted by Crippen LogP contribution is 2.24. The zero-order valence-corrected chi connectivity index (χ0v) is 6.37. The highest BCUT2D eigenvalue weighted by atomic mass is 16.5. The van der Waals surface area contributed by atoms with E-state index in [4.69, 9.17) is 4.74 Å². The molecule has 3 atom stereocenters. The third kappa shape index (κ3) is 1.02. The first kappa shape index (κ1) is 7.06. The largest absolute Gasteiger partial charge is 0.468 e. The van der Waals surface area contributed by atoms with Gasteiger partial charge in [-0.25, -0.2) is 0 Å². The summed E-state index contributed by atoms with van der Waals surface area (Å²) in [5, 5.41) is 3.14. The van der Waals surface area contributed by atoms with Gasteiger partial charge in [-0.15, -0.1) is 0 Å². The van der Waals surface area contributed by atoms with Gasteiger partial charge in [0.2, 0.25) is 0 Å². The summed E-state index contributed by atoms with van der Waals surface area (Å²) < 4.78 is 9.93. The first-order valence-electron chi connectivity index (χ1n) is 3.76. The van der Waals surface area contributed by atoms with E-state index in [1.54, 1.807) is 0 Å².